The van der Waals surface area contributed by atoms with Gasteiger partial charge in [0.2, 0.25) is 5.91 Å². The average molecular weight is 365 g/mol. The number of hydrogen-bond acceptors (Lipinski definition) is 4. The molecular weight excluding hydrogens is 338 g/mol. The van der Waals surface area contributed by atoms with Crippen LogP contribution in [0.2, 0.25) is 0 Å². The third-order valence-electron chi connectivity index (χ3n) is 5.63. The van der Waals surface area contributed by atoms with Gasteiger partial charge < -0.3 is 14.5 Å². The van der Waals surface area contributed by atoms with Crippen LogP contribution >= 0.6 is 0 Å². The zero-order chi connectivity index (χ0) is 18.8. The number of carbonyl (C=O) groups excluding carboxylic acids is 1. The predicted octanol–water partition coefficient (Wildman–Crippen LogP) is 2.80. The summed E-state index contributed by atoms with van der Waals surface area (Å²) in [5, 5.41) is 0. The minimum absolute atomic E-state index is 0.207. The van der Waals surface area contributed by atoms with Crippen LogP contribution in [0.15, 0.2) is 48.5 Å². The Morgan fingerprint density at radius 2 is 1.67 bits per heavy atom. The predicted molar refractivity (Wildman–Crippen MR) is 109 cm³/mol. The van der Waals surface area contributed by atoms with E-state index in [-0.39, 0.29) is 11.9 Å². The monoisotopic (exact) mass is 365 g/mol. The van der Waals surface area contributed by atoms with Crippen molar-refractivity contribution in [2.45, 2.75) is 19.4 Å². The van der Waals surface area contributed by atoms with Crippen molar-refractivity contribution < 1.29 is 9.53 Å². The number of rotatable bonds is 4. The highest BCUT2D eigenvalue weighted by Gasteiger charge is 2.32. The van der Waals surface area contributed by atoms with E-state index in [4.69, 9.17) is 4.74 Å². The van der Waals surface area contributed by atoms with Crippen LogP contribution in [0.1, 0.15) is 12.5 Å². The second-order valence-electron chi connectivity index (χ2n) is 7.38. The molecule has 2 aromatic rings. The third-order valence-corrected chi connectivity index (χ3v) is 5.63. The van der Waals surface area contributed by atoms with Crippen LogP contribution in [0.3, 0.4) is 0 Å². The normalized spacial score (nSPS) is 19.9. The molecule has 1 amide bonds. The first kappa shape index (κ1) is 17.9. The number of amides is 1. The summed E-state index contributed by atoms with van der Waals surface area (Å²) in [6, 6.07) is 16.6. The van der Waals surface area contributed by atoms with Gasteiger partial charge in [0.1, 0.15) is 5.75 Å². The van der Waals surface area contributed by atoms with E-state index in [1.807, 2.05) is 29.2 Å². The van der Waals surface area contributed by atoms with Crippen molar-refractivity contribution in [3.05, 3.63) is 54.1 Å². The number of methoxy groups -OCH3 is 1. The standard InChI is InChI=1S/C22H27N3O2/c1-17-15-18-7-3-4-8-19(18)25(17)22(26)16-23-11-13-24(14-12-23)20-9-5-6-10-21(20)27-2/h3-10,17H,11-16H2,1-2H3/t17-/m1/s1. The first-order chi connectivity index (χ1) is 13.2. The minimum atomic E-state index is 0.207. The van der Waals surface area contributed by atoms with Crippen LogP contribution in [0.4, 0.5) is 11.4 Å². The Morgan fingerprint density at radius 1 is 1.00 bits per heavy atom. The molecule has 4 rings (SSSR count). The molecule has 0 unspecified atom stereocenters. The molecule has 0 bridgehead atoms. The maximum Gasteiger partial charge on any atom is 0.241 e. The smallest absolute Gasteiger partial charge is 0.241 e. The molecule has 0 aliphatic carbocycles. The molecule has 2 aliphatic rings. The Balaban J connectivity index is 1.38. The van der Waals surface area contributed by atoms with Crippen LogP contribution in [-0.2, 0) is 11.2 Å². The van der Waals surface area contributed by atoms with Gasteiger partial charge in [-0.1, -0.05) is 30.3 Å². The molecule has 5 nitrogen and oxygen atoms in total. The first-order valence-corrected chi connectivity index (χ1v) is 9.67. The van der Waals surface area contributed by atoms with Crippen molar-refractivity contribution in [1.29, 1.82) is 0 Å². The second-order valence-corrected chi connectivity index (χ2v) is 7.38. The molecule has 2 aliphatic heterocycles. The number of piperazine rings is 1. The van der Waals surface area contributed by atoms with Gasteiger partial charge in [0.15, 0.2) is 0 Å². The molecule has 0 aromatic heterocycles. The molecule has 0 N–H and O–H groups in total. The van der Waals surface area contributed by atoms with Crippen LogP contribution in [0.5, 0.6) is 5.75 Å². The van der Waals surface area contributed by atoms with Gasteiger partial charge in [-0.2, -0.15) is 0 Å². The van der Waals surface area contributed by atoms with Crippen molar-refractivity contribution in [2.24, 2.45) is 0 Å². The van der Waals surface area contributed by atoms with E-state index in [0.717, 1.165) is 49.7 Å². The van der Waals surface area contributed by atoms with E-state index in [2.05, 4.69) is 41.0 Å². The van der Waals surface area contributed by atoms with Gasteiger partial charge in [-0.05, 0) is 37.1 Å². The fourth-order valence-corrected chi connectivity index (χ4v) is 4.25. The molecule has 27 heavy (non-hydrogen) atoms. The van der Waals surface area contributed by atoms with Gasteiger partial charge in [-0.25, -0.2) is 0 Å². The molecule has 1 atom stereocenters. The molecule has 1 fully saturated rings. The zero-order valence-electron chi connectivity index (χ0n) is 16.1. The number of carbonyl (C=O) groups is 1. The van der Waals surface area contributed by atoms with Crippen LogP contribution < -0.4 is 14.5 Å². The summed E-state index contributed by atoms with van der Waals surface area (Å²) in [4.78, 5) is 19.6. The van der Waals surface area contributed by atoms with Gasteiger partial charge in [0, 0.05) is 37.9 Å². The fourth-order valence-electron chi connectivity index (χ4n) is 4.25. The zero-order valence-corrected chi connectivity index (χ0v) is 16.1. The molecule has 5 heteroatoms. The molecule has 2 aromatic carbocycles. The van der Waals surface area contributed by atoms with E-state index in [0.29, 0.717) is 6.54 Å². The lowest BCUT2D eigenvalue weighted by atomic mass is 10.1. The highest BCUT2D eigenvalue weighted by atomic mass is 16.5. The van der Waals surface area contributed by atoms with Gasteiger partial charge in [0.05, 0.1) is 19.3 Å². The van der Waals surface area contributed by atoms with Crippen molar-refractivity contribution >= 4 is 17.3 Å². The Hall–Kier alpha value is -2.53. The van der Waals surface area contributed by atoms with Crippen LogP contribution in [0, 0.1) is 0 Å². The van der Waals surface area contributed by atoms with E-state index in [1.165, 1.54) is 5.56 Å². The maximum absolute atomic E-state index is 13.0. The van der Waals surface area contributed by atoms with E-state index < -0.39 is 0 Å². The van der Waals surface area contributed by atoms with Crippen molar-refractivity contribution in [3.63, 3.8) is 0 Å². The average Bonchev–Trinajstić information content (AvgIpc) is 3.04. The summed E-state index contributed by atoms with van der Waals surface area (Å²) in [5.41, 5.74) is 3.50. The second kappa shape index (κ2) is 7.61. The van der Waals surface area contributed by atoms with Crippen LogP contribution in [0.25, 0.3) is 0 Å². The highest BCUT2D eigenvalue weighted by Crippen LogP contribution is 2.32. The molecule has 0 spiro atoms. The maximum atomic E-state index is 13.0. The summed E-state index contributed by atoms with van der Waals surface area (Å²) in [7, 11) is 1.71. The minimum Gasteiger partial charge on any atom is -0.495 e. The summed E-state index contributed by atoms with van der Waals surface area (Å²) < 4.78 is 5.49. The van der Waals surface area contributed by atoms with Gasteiger partial charge in [0.25, 0.3) is 0 Å². The van der Waals surface area contributed by atoms with Crippen molar-refractivity contribution in [2.75, 3.05) is 49.6 Å². The number of ether oxygens (including phenoxy) is 1. The SMILES string of the molecule is COc1ccccc1N1CCN(CC(=O)N2c3ccccc3C[C@H]2C)CC1. The Labute approximate surface area is 161 Å². The summed E-state index contributed by atoms with van der Waals surface area (Å²) in [6.45, 7) is 6.19. The number of hydrogen-bond donors (Lipinski definition) is 0. The number of fused-ring (bicyclic) bond motifs is 1. The topological polar surface area (TPSA) is 36.0 Å². The van der Waals surface area contributed by atoms with E-state index in [9.17, 15) is 4.79 Å². The summed E-state index contributed by atoms with van der Waals surface area (Å²) in [5.74, 6) is 1.11. The highest BCUT2D eigenvalue weighted by molar-refractivity contribution is 5.97. The van der Waals surface area contributed by atoms with Gasteiger partial charge in [-0.3, -0.25) is 9.69 Å². The molecule has 1 saturated heterocycles. The van der Waals surface area contributed by atoms with E-state index in [1.54, 1.807) is 7.11 Å². The number of anilines is 2. The lowest BCUT2D eigenvalue weighted by molar-refractivity contribution is -0.120. The summed E-state index contributed by atoms with van der Waals surface area (Å²) in [6.07, 6.45) is 0.948. The Bertz CT molecular complexity index is 815. The lowest BCUT2D eigenvalue weighted by Gasteiger charge is -2.37. The van der Waals surface area contributed by atoms with Gasteiger partial charge in [-0.15, -0.1) is 0 Å². The Morgan fingerprint density at radius 3 is 2.41 bits per heavy atom. The molecule has 0 saturated carbocycles. The van der Waals surface area contributed by atoms with Crippen molar-refractivity contribution in [1.82, 2.24) is 4.90 Å². The number of para-hydroxylation sites is 3. The van der Waals surface area contributed by atoms with E-state index >= 15 is 0 Å². The van der Waals surface area contributed by atoms with Crippen LogP contribution in [-0.4, -0.2) is 56.7 Å². The molecular formula is C22H27N3O2. The quantitative estimate of drug-likeness (QED) is 0.835. The summed E-state index contributed by atoms with van der Waals surface area (Å²) >= 11 is 0. The number of nitrogens with zero attached hydrogens (tertiary/aromatic N) is 3. The molecule has 0 radical (unpaired) electrons. The first-order valence-electron chi connectivity index (χ1n) is 9.67. The molecule has 2 heterocycles. The number of benzene rings is 2. The molecule has 142 valence electrons. The van der Waals surface area contributed by atoms with Crippen molar-refractivity contribution in [3.8, 4) is 5.75 Å². The third kappa shape index (κ3) is 3.52. The fraction of sp³-hybridized carbons (Fsp3) is 0.409. The Kier molecular flexibility index (Phi) is 5.03. The van der Waals surface area contributed by atoms with Gasteiger partial charge >= 0.3 is 0 Å². The lowest BCUT2D eigenvalue weighted by Crippen LogP contribution is -2.51. The largest absolute Gasteiger partial charge is 0.495 e.